The van der Waals surface area contributed by atoms with Gasteiger partial charge in [-0.25, -0.2) is 13.6 Å². The number of rotatable bonds is 6. The third-order valence-electron chi connectivity index (χ3n) is 4.98. The van der Waals surface area contributed by atoms with E-state index in [0.29, 0.717) is 0 Å². The Morgan fingerprint density at radius 1 is 1.58 bits per heavy atom. The van der Waals surface area contributed by atoms with Crippen LogP contribution in [0.5, 0.6) is 0 Å². The summed E-state index contributed by atoms with van der Waals surface area (Å²) in [7, 11) is -2.36. The minimum absolute atomic E-state index is 0.0848. The van der Waals surface area contributed by atoms with E-state index in [4.69, 9.17) is 22.1 Å². The van der Waals surface area contributed by atoms with E-state index < -0.39 is 54.6 Å². The zero-order chi connectivity index (χ0) is 19.5. The summed E-state index contributed by atoms with van der Waals surface area (Å²) in [6.07, 6.45) is -2.73. The molecule has 146 valence electrons. The van der Waals surface area contributed by atoms with Crippen molar-refractivity contribution in [1.82, 2.24) is 9.55 Å². The van der Waals surface area contributed by atoms with Gasteiger partial charge in [0.2, 0.25) is 5.91 Å². The fraction of sp³-hybridized carbons (Fsp3) is 0.692. The molecule has 13 heteroatoms. The smallest absolute Gasteiger partial charge is 0.364 e. The molecule has 0 amide bonds. The van der Waals surface area contributed by atoms with Crippen molar-refractivity contribution in [2.45, 2.75) is 29.5 Å². The fourth-order valence-electron chi connectivity index (χ4n) is 3.54. The molecular weight excluding hydrogens is 399 g/mol. The molecule has 1 aliphatic carbocycles. The molecular formula is C13H17ClF2N3O6P. The highest BCUT2D eigenvalue weighted by Crippen LogP contribution is 2.74. The van der Waals surface area contributed by atoms with Crippen LogP contribution in [0.2, 0.25) is 0 Å². The van der Waals surface area contributed by atoms with E-state index in [0.717, 1.165) is 25.0 Å². The number of nitrogen functional groups attached to an aromatic ring is 1. The van der Waals surface area contributed by atoms with Gasteiger partial charge in [-0.2, -0.15) is 4.98 Å². The number of hydrogen-bond acceptors (Lipinski definition) is 8. The third-order valence-corrected chi connectivity index (χ3v) is 7.30. The van der Waals surface area contributed by atoms with Crippen molar-refractivity contribution in [3.63, 3.8) is 0 Å². The second-order valence-electron chi connectivity index (χ2n) is 6.06. The van der Waals surface area contributed by atoms with Crippen LogP contribution in [0.3, 0.4) is 0 Å². The van der Waals surface area contributed by atoms with E-state index in [9.17, 15) is 18.9 Å². The van der Waals surface area contributed by atoms with Crippen molar-refractivity contribution in [3.05, 3.63) is 22.7 Å². The van der Waals surface area contributed by atoms with Crippen LogP contribution >= 0.6 is 19.2 Å². The largest absolute Gasteiger partial charge is 0.383 e. The van der Waals surface area contributed by atoms with Crippen LogP contribution in [0.1, 0.15) is 6.23 Å². The lowest BCUT2D eigenvalue weighted by Crippen LogP contribution is -2.38. The monoisotopic (exact) mass is 415 g/mol. The Kier molecular flexibility index (Phi) is 4.70. The van der Waals surface area contributed by atoms with Crippen LogP contribution in [-0.4, -0.2) is 58.0 Å². The molecule has 2 heterocycles. The molecule has 3 rings (SSSR count). The number of aromatic nitrogens is 2. The van der Waals surface area contributed by atoms with E-state index in [1.54, 1.807) is 0 Å². The first-order valence-electron chi connectivity index (χ1n) is 7.43. The van der Waals surface area contributed by atoms with E-state index in [1.165, 1.54) is 6.07 Å². The predicted octanol–water partition coefficient (Wildman–Crippen LogP) is 0.812. The van der Waals surface area contributed by atoms with Gasteiger partial charge in [-0.1, -0.05) is 0 Å². The summed E-state index contributed by atoms with van der Waals surface area (Å²) in [5, 5.41) is 10.7. The highest BCUT2D eigenvalue weighted by Gasteiger charge is 2.90. The molecule has 1 aromatic rings. The van der Waals surface area contributed by atoms with Crippen LogP contribution in [0, 0.1) is 5.92 Å². The quantitative estimate of drug-likeness (QED) is 0.516. The zero-order valence-corrected chi connectivity index (χ0v) is 15.4. The Labute approximate surface area is 151 Å². The molecule has 2 fully saturated rings. The maximum Gasteiger partial charge on any atom is 0.364 e. The van der Waals surface area contributed by atoms with E-state index >= 15 is 4.39 Å². The summed E-state index contributed by atoms with van der Waals surface area (Å²) in [5.74, 6) is -4.60. The van der Waals surface area contributed by atoms with Crippen molar-refractivity contribution >= 4 is 25.0 Å². The number of nitrogens with two attached hydrogens (primary N) is 1. The highest BCUT2D eigenvalue weighted by molar-refractivity contribution is 7.54. The first kappa shape index (κ1) is 19.7. The predicted molar refractivity (Wildman–Crippen MR) is 86.3 cm³/mol. The number of anilines is 1. The topological polar surface area (TPSA) is 126 Å². The van der Waals surface area contributed by atoms with Crippen LogP contribution < -0.4 is 11.4 Å². The maximum atomic E-state index is 15.0. The van der Waals surface area contributed by atoms with E-state index in [-0.39, 0.29) is 5.82 Å². The highest BCUT2D eigenvalue weighted by atomic mass is 35.5. The van der Waals surface area contributed by atoms with Gasteiger partial charge in [-0.05, 0) is 6.07 Å². The molecule has 0 bridgehead atoms. The van der Waals surface area contributed by atoms with Gasteiger partial charge in [0, 0.05) is 20.4 Å². The Morgan fingerprint density at radius 3 is 2.65 bits per heavy atom. The Hall–Kier alpha value is -1.10. The standard InChI is InChI=1S/C13H17ClF2N3O6P/c1-23-26(22,24-2)9(16)7-12(5-14)13(7,21)8(15)10(25-12)19-4-3-6(17)18-11(19)20/h3-4,7-10,21H,5H2,1-2H3,(H2,17,18,20)/t7?,8-,9+,10+,12+,13-/m0/s1. The van der Waals surface area contributed by atoms with E-state index in [2.05, 4.69) is 14.0 Å². The number of hydrogen-bond donors (Lipinski definition) is 2. The van der Waals surface area contributed by atoms with Gasteiger partial charge in [0.1, 0.15) is 17.0 Å². The number of ether oxygens (including phenoxy) is 1. The lowest BCUT2D eigenvalue weighted by Gasteiger charge is -2.26. The molecule has 0 radical (unpaired) electrons. The SMILES string of the molecule is COP(=O)(OC)[C@@H](F)C1[C@@]2(CCl)O[C@@H](n3ccc(N)nc3=O)[C@H](F)[C@@]12O. The molecule has 0 aromatic carbocycles. The number of alkyl halides is 3. The van der Waals surface area contributed by atoms with Gasteiger partial charge in [0.15, 0.2) is 12.4 Å². The lowest BCUT2D eigenvalue weighted by atomic mass is 10.1. The summed E-state index contributed by atoms with van der Waals surface area (Å²) in [5.41, 5.74) is 0.125. The first-order chi connectivity index (χ1) is 12.1. The zero-order valence-electron chi connectivity index (χ0n) is 13.7. The number of halogens is 3. The van der Waals surface area contributed by atoms with Crippen LogP contribution in [0.4, 0.5) is 14.6 Å². The van der Waals surface area contributed by atoms with Crippen LogP contribution in [-0.2, 0) is 18.3 Å². The second-order valence-corrected chi connectivity index (χ2v) is 8.63. The molecule has 9 nitrogen and oxygen atoms in total. The molecule has 1 aromatic heterocycles. The number of aliphatic hydroxyl groups is 1. The van der Waals surface area contributed by atoms with Crippen molar-refractivity contribution in [3.8, 4) is 0 Å². The fourth-order valence-corrected chi connectivity index (χ4v) is 5.37. The Bertz CT molecular complexity index is 817. The summed E-state index contributed by atoms with van der Waals surface area (Å²) >= 11 is 5.83. The average molecular weight is 416 g/mol. The summed E-state index contributed by atoms with van der Waals surface area (Å²) < 4.78 is 57.5. The van der Waals surface area contributed by atoms with Gasteiger partial charge < -0.3 is 24.6 Å². The summed E-state index contributed by atoms with van der Waals surface area (Å²) in [6, 6.07) is 1.23. The van der Waals surface area contributed by atoms with Gasteiger partial charge >= 0.3 is 13.3 Å². The first-order valence-corrected chi connectivity index (χ1v) is 9.57. The van der Waals surface area contributed by atoms with Gasteiger partial charge in [-0.3, -0.25) is 9.13 Å². The van der Waals surface area contributed by atoms with Crippen LogP contribution in [0.15, 0.2) is 17.1 Å². The Morgan fingerprint density at radius 2 is 2.19 bits per heavy atom. The minimum Gasteiger partial charge on any atom is -0.383 e. The molecule has 6 atom stereocenters. The average Bonchev–Trinajstić information content (AvgIpc) is 3.08. The molecule has 26 heavy (non-hydrogen) atoms. The van der Waals surface area contributed by atoms with Crippen molar-refractivity contribution in [1.29, 1.82) is 0 Å². The lowest BCUT2D eigenvalue weighted by molar-refractivity contribution is -0.0745. The number of nitrogens with zero attached hydrogens (tertiary/aromatic N) is 2. The summed E-state index contributed by atoms with van der Waals surface area (Å²) in [4.78, 5) is 15.4. The van der Waals surface area contributed by atoms with Gasteiger partial charge in [0.05, 0.1) is 11.8 Å². The van der Waals surface area contributed by atoms with Crippen molar-refractivity contribution in [2.75, 3.05) is 25.8 Å². The van der Waals surface area contributed by atoms with Gasteiger partial charge in [-0.15, -0.1) is 11.6 Å². The van der Waals surface area contributed by atoms with Gasteiger partial charge in [0.25, 0.3) is 0 Å². The number of fused-ring (bicyclic) bond motifs is 1. The third kappa shape index (κ3) is 2.31. The minimum atomic E-state index is -4.28. The van der Waals surface area contributed by atoms with E-state index in [1.807, 2.05) is 0 Å². The summed E-state index contributed by atoms with van der Waals surface area (Å²) in [6.45, 7) is 0. The maximum absolute atomic E-state index is 15.0. The molecule has 0 spiro atoms. The second kappa shape index (κ2) is 6.22. The Balaban J connectivity index is 1.97. The molecule has 2 aliphatic rings. The van der Waals surface area contributed by atoms with Crippen molar-refractivity contribution in [2.24, 2.45) is 5.92 Å². The van der Waals surface area contributed by atoms with Crippen LogP contribution in [0.25, 0.3) is 0 Å². The molecule has 1 saturated heterocycles. The normalized spacial score (nSPS) is 37.4. The molecule has 3 N–H and O–H groups in total. The van der Waals surface area contributed by atoms with Crippen molar-refractivity contribution < 1.29 is 32.2 Å². The molecule has 1 unspecified atom stereocenters. The molecule has 1 saturated carbocycles. The molecule has 1 aliphatic heterocycles.